The third-order valence-corrected chi connectivity index (χ3v) is 4.59. The van der Waals surface area contributed by atoms with Crippen LogP contribution in [0.5, 0.6) is 5.75 Å². The number of ether oxygens (including phenoxy) is 2. The van der Waals surface area contributed by atoms with Crippen molar-refractivity contribution in [2.24, 2.45) is 0 Å². The molecule has 3 rings (SSSR count). The number of fused-ring (bicyclic) bond motifs is 1. The Labute approximate surface area is 170 Å². The summed E-state index contributed by atoms with van der Waals surface area (Å²) < 4.78 is 12.4. The van der Waals surface area contributed by atoms with Gasteiger partial charge in [0.15, 0.2) is 6.10 Å². The van der Waals surface area contributed by atoms with Crippen molar-refractivity contribution in [3.05, 3.63) is 75.8 Å². The highest BCUT2D eigenvalue weighted by atomic mass is 16.6. The second kappa shape index (κ2) is 8.07. The van der Waals surface area contributed by atoms with Gasteiger partial charge in [-0.15, -0.1) is 0 Å². The van der Waals surface area contributed by atoms with Crippen LogP contribution in [0.15, 0.2) is 53.5 Å². The normalized spacial score (nSPS) is 12.6. The van der Waals surface area contributed by atoms with Gasteiger partial charge in [0, 0.05) is 12.3 Å². The third-order valence-electron chi connectivity index (χ3n) is 4.59. The van der Waals surface area contributed by atoms with Crippen LogP contribution in [-0.2, 0) is 21.6 Å². The van der Waals surface area contributed by atoms with Gasteiger partial charge in [-0.25, -0.2) is 9.78 Å². The Bertz CT molecular complexity index is 1080. The molecule has 3 aromatic rings. The van der Waals surface area contributed by atoms with Gasteiger partial charge in [0.05, 0.1) is 5.69 Å². The third kappa shape index (κ3) is 5.02. The summed E-state index contributed by atoms with van der Waals surface area (Å²) in [7, 11) is 0. The lowest BCUT2D eigenvalue weighted by Gasteiger charge is -2.20. The zero-order valence-corrected chi connectivity index (χ0v) is 17.4. The second-order valence-electron chi connectivity index (χ2n) is 8.16. The van der Waals surface area contributed by atoms with Crippen molar-refractivity contribution in [3.63, 3.8) is 0 Å². The van der Waals surface area contributed by atoms with E-state index in [0.717, 1.165) is 5.56 Å². The zero-order chi connectivity index (χ0) is 21.2. The van der Waals surface area contributed by atoms with E-state index in [0.29, 0.717) is 17.1 Å². The number of aryl methyl sites for hydroxylation is 1. The molecule has 0 aliphatic carbocycles. The van der Waals surface area contributed by atoms with Crippen LogP contribution in [-0.4, -0.2) is 21.5 Å². The van der Waals surface area contributed by atoms with Crippen LogP contribution >= 0.6 is 0 Å². The molecule has 0 spiro atoms. The van der Waals surface area contributed by atoms with Crippen LogP contribution < -0.4 is 10.3 Å². The highest BCUT2D eigenvalue weighted by molar-refractivity contribution is 5.74. The summed E-state index contributed by atoms with van der Waals surface area (Å²) in [5, 5.41) is 0. The average molecular weight is 394 g/mol. The number of hydrogen-bond acceptors (Lipinski definition) is 5. The van der Waals surface area contributed by atoms with Crippen molar-refractivity contribution in [2.45, 2.75) is 52.7 Å². The van der Waals surface area contributed by atoms with E-state index in [1.807, 2.05) is 37.3 Å². The van der Waals surface area contributed by atoms with Gasteiger partial charge in [-0.05, 0) is 48.6 Å². The van der Waals surface area contributed by atoms with Crippen molar-refractivity contribution in [1.29, 1.82) is 0 Å². The molecule has 1 aromatic carbocycles. The Balaban J connectivity index is 1.62. The minimum absolute atomic E-state index is 0.0489. The van der Waals surface area contributed by atoms with Crippen molar-refractivity contribution in [3.8, 4) is 5.75 Å². The first-order valence-electron chi connectivity index (χ1n) is 9.56. The van der Waals surface area contributed by atoms with Crippen LogP contribution in [0, 0.1) is 6.92 Å². The molecule has 0 aliphatic rings. The maximum absolute atomic E-state index is 12.3. The Kier molecular flexibility index (Phi) is 5.73. The molecule has 6 heteroatoms. The van der Waals surface area contributed by atoms with Crippen molar-refractivity contribution < 1.29 is 14.3 Å². The Morgan fingerprint density at radius 3 is 2.48 bits per heavy atom. The summed E-state index contributed by atoms with van der Waals surface area (Å²) in [5.41, 5.74) is 2.89. The maximum atomic E-state index is 12.3. The van der Waals surface area contributed by atoms with E-state index < -0.39 is 12.1 Å². The molecular formula is C23H26N2O4. The largest absolute Gasteiger partial charge is 0.479 e. The van der Waals surface area contributed by atoms with Gasteiger partial charge < -0.3 is 9.47 Å². The summed E-state index contributed by atoms with van der Waals surface area (Å²) in [6, 6.07) is 12.7. The molecule has 29 heavy (non-hydrogen) atoms. The van der Waals surface area contributed by atoms with Crippen LogP contribution in [0.4, 0.5) is 0 Å². The lowest BCUT2D eigenvalue weighted by molar-refractivity contribution is -0.152. The number of hydrogen-bond donors (Lipinski definition) is 0. The molecule has 0 aliphatic heterocycles. The van der Waals surface area contributed by atoms with E-state index >= 15 is 0 Å². The Morgan fingerprint density at radius 1 is 1.14 bits per heavy atom. The van der Waals surface area contributed by atoms with Crippen LogP contribution in [0.25, 0.3) is 5.65 Å². The first-order chi connectivity index (χ1) is 13.6. The molecule has 0 N–H and O–H groups in total. The number of nitrogens with zero attached hydrogens (tertiary/aromatic N) is 2. The van der Waals surface area contributed by atoms with Gasteiger partial charge in [-0.1, -0.05) is 39.0 Å². The van der Waals surface area contributed by atoms with E-state index in [1.54, 1.807) is 19.2 Å². The number of carbonyl (C=O) groups is 1. The summed E-state index contributed by atoms with van der Waals surface area (Å²) in [5.74, 6) is 0.0793. The lowest BCUT2D eigenvalue weighted by Crippen LogP contribution is -2.26. The fraction of sp³-hybridized carbons (Fsp3) is 0.348. The first kappa shape index (κ1) is 20.6. The minimum atomic E-state index is -0.778. The van der Waals surface area contributed by atoms with E-state index in [4.69, 9.17) is 9.47 Å². The fourth-order valence-electron chi connectivity index (χ4n) is 2.88. The molecule has 1 atom stereocenters. The summed E-state index contributed by atoms with van der Waals surface area (Å²) in [4.78, 5) is 28.9. The quantitative estimate of drug-likeness (QED) is 0.616. The molecule has 0 bridgehead atoms. The monoisotopic (exact) mass is 394 g/mol. The standard InChI is InChI=1S/C23H26N2O4/c1-15-6-11-20-24-18(12-21(26)25(20)13-15)14-28-22(27)16(2)29-19-9-7-17(8-10-19)23(3,4)5/h6-13,16H,14H2,1-5H3. The van der Waals surface area contributed by atoms with E-state index in [1.165, 1.54) is 16.0 Å². The molecule has 0 fully saturated rings. The summed E-state index contributed by atoms with van der Waals surface area (Å²) in [6.07, 6.45) is 0.945. The van der Waals surface area contributed by atoms with Gasteiger partial charge in [0.2, 0.25) is 0 Å². The molecule has 0 radical (unpaired) electrons. The molecule has 2 heterocycles. The van der Waals surface area contributed by atoms with E-state index in [-0.39, 0.29) is 17.6 Å². The SMILES string of the molecule is Cc1ccc2nc(COC(=O)C(C)Oc3ccc(C(C)(C)C)cc3)cc(=O)n2c1. The zero-order valence-electron chi connectivity index (χ0n) is 17.4. The van der Waals surface area contributed by atoms with Crippen molar-refractivity contribution in [2.75, 3.05) is 0 Å². The molecule has 0 amide bonds. The fourth-order valence-corrected chi connectivity index (χ4v) is 2.88. The molecular weight excluding hydrogens is 368 g/mol. The molecule has 0 saturated heterocycles. The number of esters is 1. The van der Waals surface area contributed by atoms with Crippen LogP contribution in [0.1, 0.15) is 44.5 Å². The smallest absolute Gasteiger partial charge is 0.347 e. The molecule has 1 unspecified atom stereocenters. The summed E-state index contributed by atoms with van der Waals surface area (Å²) >= 11 is 0. The molecule has 0 saturated carbocycles. The number of rotatable bonds is 5. The highest BCUT2D eigenvalue weighted by Crippen LogP contribution is 2.24. The van der Waals surface area contributed by atoms with Gasteiger partial charge >= 0.3 is 5.97 Å². The highest BCUT2D eigenvalue weighted by Gasteiger charge is 2.18. The van der Waals surface area contributed by atoms with E-state index in [9.17, 15) is 9.59 Å². The van der Waals surface area contributed by atoms with Crippen molar-refractivity contribution >= 4 is 11.6 Å². The second-order valence-corrected chi connectivity index (χ2v) is 8.16. The van der Waals surface area contributed by atoms with E-state index in [2.05, 4.69) is 25.8 Å². The molecule has 152 valence electrons. The topological polar surface area (TPSA) is 69.9 Å². The Morgan fingerprint density at radius 2 is 1.83 bits per heavy atom. The maximum Gasteiger partial charge on any atom is 0.347 e. The summed E-state index contributed by atoms with van der Waals surface area (Å²) in [6.45, 7) is 9.85. The minimum Gasteiger partial charge on any atom is -0.479 e. The molecule has 2 aromatic heterocycles. The average Bonchev–Trinajstić information content (AvgIpc) is 2.66. The number of pyridine rings is 1. The van der Waals surface area contributed by atoms with Crippen molar-refractivity contribution in [1.82, 2.24) is 9.38 Å². The van der Waals surface area contributed by atoms with Gasteiger partial charge in [0.25, 0.3) is 5.56 Å². The Hall–Kier alpha value is -3.15. The number of aromatic nitrogens is 2. The van der Waals surface area contributed by atoms with Crippen LogP contribution in [0.3, 0.4) is 0 Å². The lowest BCUT2D eigenvalue weighted by atomic mass is 9.87. The van der Waals surface area contributed by atoms with Gasteiger partial charge in [0.1, 0.15) is 18.0 Å². The van der Waals surface area contributed by atoms with Gasteiger partial charge in [-0.3, -0.25) is 9.20 Å². The predicted molar refractivity (Wildman–Crippen MR) is 111 cm³/mol. The number of carbonyl (C=O) groups excluding carboxylic acids is 1. The number of benzene rings is 1. The van der Waals surface area contributed by atoms with Gasteiger partial charge in [-0.2, -0.15) is 0 Å². The predicted octanol–water partition coefficient (Wildman–Crippen LogP) is 3.81. The van der Waals surface area contributed by atoms with Crippen LogP contribution in [0.2, 0.25) is 0 Å². The first-order valence-corrected chi connectivity index (χ1v) is 9.56. The molecule has 6 nitrogen and oxygen atoms in total.